The Morgan fingerprint density at radius 2 is 2.17 bits per heavy atom. The van der Waals surface area contributed by atoms with Gasteiger partial charge in [-0.2, -0.15) is 5.10 Å². The zero-order valence-corrected chi connectivity index (χ0v) is 9.42. The molecule has 5 nitrogen and oxygen atoms in total. The van der Waals surface area contributed by atoms with Gasteiger partial charge in [-0.15, -0.1) is 0 Å². The van der Waals surface area contributed by atoms with Crippen molar-refractivity contribution < 1.29 is 8.78 Å². The molecule has 3 rings (SSSR count). The summed E-state index contributed by atoms with van der Waals surface area (Å²) in [5.74, 6) is -2.19. The minimum atomic E-state index is -2.72. The highest BCUT2D eigenvalue weighted by molar-refractivity contribution is 5.39. The number of halogens is 2. The van der Waals surface area contributed by atoms with Gasteiger partial charge in [0.05, 0.1) is 5.41 Å². The molecule has 0 radical (unpaired) electrons. The third kappa shape index (κ3) is 1.43. The van der Waals surface area contributed by atoms with Crippen LogP contribution in [0, 0.1) is 0 Å². The molecular formula is C11H11F2N5. The molecule has 2 N–H and O–H groups in total. The molecule has 0 spiro atoms. The summed E-state index contributed by atoms with van der Waals surface area (Å²) in [7, 11) is 0. The van der Waals surface area contributed by atoms with Crippen LogP contribution in [-0.2, 0) is 5.41 Å². The number of aromatic nitrogens is 4. The Morgan fingerprint density at radius 3 is 2.61 bits per heavy atom. The fraction of sp³-hybridized carbons (Fsp3) is 0.364. The quantitative estimate of drug-likeness (QED) is 0.879. The van der Waals surface area contributed by atoms with Crippen molar-refractivity contribution in [2.24, 2.45) is 5.73 Å². The average molecular weight is 251 g/mol. The lowest BCUT2D eigenvalue weighted by atomic mass is 9.97. The van der Waals surface area contributed by atoms with Crippen LogP contribution in [0.4, 0.5) is 8.78 Å². The van der Waals surface area contributed by atoms with Crippen LogP contribution in [0.1, 0.15) is 12.0 Å². The molecule has 2 aromatic rings. The van der Waals surface area contributed by atoms with Crippen LogP contribution >= 0.6 is 0 Å². The van der Waals surface area contributed by atoms with Crippen molar-refractivity contribution in [3.63, 3.8) is 0 Å². The maximum absolute atomic E-state index is 13.4. The van der Waals surface area contributed by atoms with Gasteiger partial charge in [0.1, 0.15) is 12.7 Å². The molecule has 1 saturated carbocycles. The normalized spacial score (nSPS) is 25.1. The number of nitrogens with zero attached hydrogens (tertiary/aromatic N) is 4. The van der Waals surface area contributed by atoms with Gasteiger partial charge in [-0.25, -0.2) is 23.4 Å². The number of rotatable bonds is 3. The first-order valence-electron chi connectivity index (χ1n) is 5.48. The molecule has 0 bridgehead atoms. The summed E-state index contributed by atoms with van der Waals surface area (Å²) in [6, 6.07) is 3.26. The molecule has 1 unspecified atom stereocenters. The predicted molar refractivity (Wildman–Crippen MR) is 59.5 cm³/mol. The van der Waals surface area contributed by atoms with Crippen molar-refractivity contribution in [2.75, 3.05) is 6.54 Å². The van der Waals surface area contributed by atoms with Crippen molar-refractivity contribution in [3.8, 4) is 5.82 Å². The Kier molecular flexibility index (Phi) is 2.21. The summed E-state index contributed by atoms with van der Waals surface area (Å²) in [6.45, 7) is -0.0790. The summed E-state index contributed by atoms with van der Waals surface area (Å²) < 4.78 is 28.2. The Morgan fingerprint density at radius 1 is 1.39 bits per heavy atom. The summed E-state index contributed by atoms with van der Waals surface area (Å²) in [6.07, 6.45) is 4.10. The maximum Gasteiger partial charge on any atom is 0.260 e. The van der Waals surface area contributed by atoms with E-state index in [4.69, 9.17) is 5.73 Å². The zero-order chi connectivity index (χ0) is 12.8. The Hall–Kier alpha value is -1.89. The Balaban J connectivity index is 1.93. The number of nitrogens with two attached hydrogens (primary N) is 1. The van der Waals surface area contributed by atoms with Crippen LogP contribution in [0.25, 0.3) is 5.82 Å². The van der Waals surface area contributed by atoms with Crippen molar-refractivity contribution in [1.29, 1.82) is 0 Å². The number of hydrogen-bond acceptors (Lipinski definition) is 4. The monoisotopic (exact) mass is 251 g/mol. The maximum atomic E-state index is 13.4. The second-order valence-corrected chi connectivity index (χ2v) is 4.41. The highest BCUT2D eigenvalue weighted by atomic mass is 19.3. The molecule has 18 heavy (non-hydrogen) atoms. The molecule has 2 aromatic heterocycles. The van der Waals surface area contributed by atoms with E-state index in [0.29, 0.717) is 11.4 Å². The first kappa shape index (κ1) is 11.2. The van der Waals surface area contributed by atoms with Crippen molar-refractivity contribution in [1.82, 2.24) is 19.7 Å². The van der Waals surface area contributed by atoms with Crippen LogP contribution in [0.15, 0.2) is 31.0 Å². The van der Waals surface area contributed by atoms with Gasteiger partial charge in [0.2, 0.25) is 0 Å². The summed E-state index contributed by atoms with van der Waals surface area (Å²) in [5, 5.41) is 3.91. The first-order chi connectivity index (χ1) is 8.59. The van der Waals surface area contributed by atoms with Gasteiger partial charge in [0.15, 0.2) is 5.82 Å². The number of pyridine rings is 1. The largest absolute Gasteiger partial charge is 0.329 e. The van der Waals surface area contributed by atoms with Gasteiger partial charge in [-0.1, -0.05) is 6.07 Å². The molecule has 7 heteroatoms. The molecule has 1 aliphatic rings. The molecule has 1 fully saturated rings. The van der Waals surface area contributed by atoms with Crippen molar-refractivity contribution in [3.05, 3.63) is 36.5 Å². The van der Waals surface area contributed by atoms with E-state index in [1.807, 2.05) is 0 Å². The Labute approximate surface area is 102 Å². The van der Waals surface area contributed by atoms with Crippen molar-refractivity contribution >= 4 is 0 Å². The van der Waals surface area contributed by atoms with E-state index < -0.39 is 11.3 Å². The lowest BCUT2D eigenvalue weighted by molar-refractivity contribution is 0.0895. The molecule has 0 saturated heterocycles. The highest BCUT2D eigenvalue weighted by Gasteiger charge is 2.71. The third-order valence-electron chi connectivity index (χ3n) is 3.40. The molecule has 2 heterocycles. The lowest BCUT2D eigenvalue weighted by Crippen LogP contribution is -2.27. The lowest BCUT2D eigenvalue weighted by Gasteiger charge is -2.14. The fourth-order valence-corrected chi connectivity index (χ4v) is 2.12. The van der Waals surface area contributed by atoms with Crippen LogP contribution in [0.5, 0.6) is 0 Å². The molecule has 1 aliphatic carbocycles. The third-order valence-corrected chi connectivity index (χ3v) is 3.40. The van der Waals surface area contributed by atoms with E-state index in [9.17, 15) is 8.78 Å². The van der Waals surface area contributed by atoms with Gasteiger partial charge < -0.3 is 5.73 Å². The van der Waals surface area contributed by atoms with Gasteiger partial charge >= 0.3 is 0 Å². The van der Waals surface area contributed by atoms with Crippen LogP contribution in [-0.4, -0.2) is 32.2 Å². The summed E-state index contributed by atoms with van der Waals surface area (Å²) >= 11 is 0. The second-order valence-electron chi connectivity index (χ2n) is 4.41. The first-order valence-corrected chi connectivity index (χ1v) is 5.48. The smallest absolute Gasteiger partial charge is 0.260 e. The van der Waals surface area contributed by atoms with E-state index >= 15 is 0 Å². The van der Waals surface area contributed by atoms with Gasteiger partial charge in [0, 0.05) is 19.2 Å². The number of hydrogen-bond donors (Lipinski definition) is 1. The topological polar surface area (TPSA) is 69.6 Å². The highest BCUT2D eigenvalue weighted by Crippen LogP contribution is 2.60. The van der Waals surface area contributed by atoms with Crippen LogP contribution < -0.4 is 5.73 Å². The molecule has 0 aliphatic heterocycles. The minimum absolute atomic E-state index is 0.0790. The molecular weight excluding hydrogens is 240 g/mol. The molecule has 94 valence electrons. The van der Waals surface area contributed by atoms with E-state index in [1.165, 1.54) is 23.5 Å². The van der Waals surface area contributed by atoms with E-state index in [1.54, 1.807) is 12.1 Å². The average Bonchev–Trinajstić information content (AvgIpc) is 2.78. The molecule has 1 atom stereocenters. The standard InChI is InChI=1S/C11H11F2N5/c12-11(13)4-10(11,5-14)8-1-2-9(16-3-8)18-7-15-6-17-18/h1-3,6-7H,4-5,14H2. The SMILES string of the molecule is NCC1(c2ccc(-n3cncn3)nc2)CC1(F)F. The molecule has 0 aromatic carbocycles. The fourth-order valence-electron chi connectivity index (χ4n) is 2.12. The van der Waals surface area contributed by atoms with Crippen LogP contribution in [0.3, 0.4) is 0 Å². The second kappa shape index (κ2) is 3.55. The van der Waals surface area contributed by atoms with Gasteiger partial charge in [-0.3, -0.25) is 0 Å². The predicted octanol–water partition coefficient (Wildman–Crippen LogP) is 0.898. The van der Waals surface area contributed by atoms with Crippen molar-refractivity contribution in [2.45, 2.75) is 17.8 Å². The van der Waals surface area contributed by atoms with E-state index in [-0.39, 0.29) is 13.0 Å². The summed E-state index contributed by atoms with van der Waals surface area (Å²) in [5.41, 5.74) is 4.71. The zero-order valence-electron chi connectivity index (χ0n) is 9.42. The minimum Gasteiger partial charge on any atom is -0.329 e. The van der Waals surface area contributed by atoms with Gasteiger partial charge in [0.25, 0.3) is 5.92 Å². The number of alkyl halides is 2. The van der Waals surface area contributed by atoms with E-state index in [0.717, 1.165) is 0 Å². The van der Waals surface area contributed by atoms with Gasteiger partial charge in [-0.05, 0) is 11.6 Å². The summed E-state index contributed by atoms with van der Waals surface area (Å²) in [4.78, 5) is 7.91. The van der Waals surface area contributed by atoms with E-state index in [2.05, 4.69) is 15.1 Å². The molecule has 0 amide bonds. The Bertz CT molecular complexity index is 551. The van der Waals surface area contributed by atoms with Crippen LogP contribution in [0.2, 0.25) is 0 Å².